The van der Waals surface area contributed by atoms with Crippen LogP contribution in [0.3, 0.4) is 0 Å². The van der Waals surface area contributed by atoms with Gasteiger partial charge in [0, 0.05) is 12.6 Å². The van der Waals surface area contributed by atoms with Crippen LogP contribution in [0, 0.1) is 0 Å². The van der Waals surface area contributed by atoms with Crippen LogP contribution >= 0.6 is 0 Å². The van der Waals surface area contributed by atoms with Crippen molar-refractivity contribution in [3.05, 3.63) is 29.8 Å². The van der Waals surface area contributed by atoms with Crippen LogP contribution < -0.4 is 4.72 Å². The lowest BCUT2D eigenvalue weighted by atomic mass is 10.2. The highest BCUT2D eigenvalue weighted by Crippen LogP contribution is 2.14. The average Bonchev–Trinajstić information content (AvgIpc) is 2.81. The highest BCUT2D eigenvalue weighted by atomic mass is 32.2. The molecule has 6 nitrogen and oxygen atoms in total. The number of hydrogen-bond donors (Lipinski definition) is 2. The van der Waals surface area contributed by atoms with Gasteiger partial charge in [-0.1, -0.05) is 6.07 Å². The zero-order valence-electron chi connectivity index (χ0n) is 9.50. The number of ether oxygens (including phenoxy) is 1. The highest BCUT2D eigenvalue weighted by Gasteiger charge is 2.23. The van der Waals surface area contributed by atoms with Crippen molar-refractivity contribution in [1.29, 1.82) is 0 Å². The number of carboxylic acids is 1. The molecule has 1 aromatic carbocycles. The van der Waals surface area contributed by atoms with E-state index in [1.54, 1.807) is 0 Å². The van der Waals surface area contributed by atoms with Gasteiger partial charge in [-0.05, 0) is 24.6 Å². The van der Waals surface area contributed by atoms with Crippen LogP contribution in [0.15, 0.2) is 29.2 Å². The molecule has 0 spiro atoms. The zero-order chi connectivity index (χ0) is 13.2. The Morgan fingerprint density at radius 2 is 2.22 bits per heavy atom. The van der Waals surface area contributed by atoms with E-state index >= 15 is 0 Å². The van der Waals surface area contributed by atoms with Gasteiger partial charge in [0.05, 0.1) is 17.1 Å². The van der Waals surface area contributed by atoms with Gasteiger partial charge in [0.25, 0.3) is 0 Å². The molecule has 0 unspecified atom stereocenters. The molecule has 0 amide bonds. The van der Waals surface area contributed by atoms with E-state index in [2.05, 4.69) is 4.72 Å². The minimum absolute atomic E-state index is 0.0469. The fourth-order valence-corrected chi connectivity index (χ4v) is 3.01. The number of carboxylic acid groups (broad SMARTS) is 1. The van der Waals surface area contributed by atoms with Gasteiger partial charge in [0.2, 0.25) is 10.0 Å². The van der Waals surface area contributed by atoms with E-state index in [1.807, 2.05) is 0 Å². The van der Waals surface area contributed by atoms with E-state index in [1.165, 1.54) is 18.2 Å². The van der Waals surface area contributed by atoms with Crippen molar-refractivity contribution in [2.75, 3.05) is 13.2 Å². The van der Waals surface area contributed by atoms with Crippen LogP contribution in [0.5, 0.6) is 0 Å². The summed E-state index contributed by atoms with van der Waals surface area (Å²) in [5.74, 6) is -1.16. The molecule has 0 aliphatic carbocycles. The van der Waals surface area contributed by atoms with E-state index in [0.717, 1.165) is 6.07 Å². The second-order valence-electron chi connectivity index (χ2n) is 4.01. The zero-order valence-corrected chi connectivity index (χ0v) is 10.3. The second-order valence-corrected chi connectivity index (χ2v) is 5.73. The van der Waals surface area contributed by atoms with Gasteiger partial charge < -0.3 is 9.84 Å². The molecule has 0 aromatic heterocycles. The van der Waals surface area contributed by atoms with Crippen molar-refractivity contribution >= 4 is 16.0 Å². The molecule has 0 saturated carbocycles. The molecular formula is C11H13NO5S. The van der Waals surface area contributed by atoms with Gasteiger partial charge in [-0.2, -0.15) is 0 Å². The summed E-state index contributed by atoms with van der Waals surface area (Å²) in [6.45, 7) is 0.875. The Balaban J connectivity index is 2.23. The van der Waals surface area contributed by atoms with Crippen molar-refractivity contribution in [2.24, 2.45) is 0 Å². The van der Waals surface area contributed by atoms with E-state index in [0.29, 0.717) is 19.6 Å². The molecule has 1 fully saturated rings. The molecule has 7 heteroatoms. The van der Waals surface area contributed by atoms with Crippen LogP contribution in [0.1, 0.15) is 16.8 Å². The summed E-state index contributed by atoms with van der Waals surface area (Å²) >= 11 is 0. The molecule has 1 aliphatic rings. The summed E-state index contributed by atoms with van der Waals surface area (Å²) in [5, 5.41) is 8.82. The Bertz CT molecular complexity index is 548. The summed E-state index contributed by atoms with van der Waals surface area (Å²) in [6, 6.07) is 5.01. The molecule has 0 radical (unpaired) electrons. The van der Waals surface area contributed by atoms with E-state index in [-0.39, 0.29) is 16.5 Å². The highest BCUT2D eigenvalue weighted by molar-refractivity contribution is 7.89. The van der Waals surface area contributed by atoms with E-state index in [4.69, 9.17) is 9.84 Å². The summed E-state index contributed by atoms with van der Waals surface area (Å²) in [6.07, 6.45) is 0.623. The summed E-state index contributed by atoms with van der Waals surface area (Å²) in [4.78, 5) is 10.7. The molecule has 1 saturated heterocycles. The van der Waals surface area contributed by atoms with Crippen molar-refractivity contribution in [3.8, 4) is 0 Å². The molecule has 1 aliphatic heterocycles. The molecule has 1 atom stereocenters. The molecule has 1 heterocycles. The van der Waals surface area contributed by atoms with E-state index in [9.17, 15) is 13.2 Å². The maximum atomic E-state index is 12.0. The predicted molar refractivity (Wildman–Crippen MR) is 62.9 cm³/mol. The normalized spacial score (nSPS) is 19.9. The van der Waals surface area contributed by atoms with E-state index < -0.39 is 16.0 Å². The number of rotatable bonds is 4. The Morgan fingerprint density at radius 1 is 1.44 bits per heavy atom. The van der Waals surface area contributed by atoms with Gasteiger partial charge in [-0.15, -0.1) is 0 Å². The van der Waals surface area contributed by atoms with Crippen LogP contribution in [0.25, 0.3) is 0 Å². The number of hydrogen-bond acceptors (Lipinski definition) is 4. The Hall–Kier alpha value is -1.44. The number of sulfonamides is 1. The maximum absolute atomic E-state index is 12.0. The van der Waals surface area contributed by atoms with Crippen LogP contribution in [0.4, 0.5) is 0 Å². The first kappa shape index (κ1) is 13.0. The number of benzene rings is 1. The first-order valence-corrected chi connectivity index (χ1v) is 6.91. The SMILES string of the molecule is O=C(O)c1cccc(S(=O)(=O)N[C@H]2CCOC2)c1. The van der Waals surface area contributed by atoms with Gasteiger partial charge in [-0.25, -0.2) is 17.9 Å². The summed E-state index contributed by atoms with van der Waals surface area (Å²) in [5.41, 5.74) is -0.0550. The lowest BCUT2D eigenvalue weighted by Gasteiger charge is -2.11. The number of carbonyl (C=O) groups is 1. The van der Waals surface area contributed by atoms with Crippen LogP contribution in [-0.4, -0.2) is 38.7 Å². The Morgan fingerprint density at radius 3 is 2.83 bits per heavy atom. The monoisotopic (exact) mass is 271 g/mol. The fraction of sp³-hybridized carbons (Fsp3) is 0.364. The lowest BCUT2D eigenvalue weighted by molar-refractivity contribution is 0.0696. The quantitative estimate of drug-likeness (QED) is 0.829. The smallest absolute Gasteiger partial charge is 0.335 e. The van der Waals surface area contributed by atoms with Crippen LogP contribution in [-0.2, 0) is 14.8 Å². The molecular weight excluding hydrogens is 258 g/mol. The van der Waals surface area contributed by atoms with Crippen molar-refractivity contribution in [3.63, 3.8) is 0 Å². The topological polar surface area (TPSA) is 92.7 Å². The molecule has 2 rings (SSSR count). The third-order valence-electron chi connectivity index (χ3n) is 2.64. The number of aromatic carboxylic acids is 1. The minimum Gasteiger partial charge on any atom is -0.478 e. The van der Waals surface area contributed by atoms with Crippen molar-refractivity contribution in [2.45, 2.75) is 17.4 Å². The van der Waals surface area contributed by atoms with Crippen molar-refractivity contribution in [1.82, 2.24) is 4.72 Å². The maximum Gasteiger partial charge on any atom is 0.335 e. The molecule has 0 bridgehead atoms. The summed E-state index contributed by atoms with van der Waals surface area (Å²) in [7, 11) is -3.69. The first-order chi connectivity index (χ1) is 8.49. The van der Waals surface area contributed by atoms with Crippen molar-refractivity contribution < 1.29 is 23.1 Å². The Labute approximate surface area is 105 Å². The fourth-order valence-electron chi connectivity index (χ4n) is 1.71. The molecule has 18 heavy (non-hydrogen) atoms. The third-order valence-corrected chi connectivity index (χ3v) is 4.16. The predicted octanol–water partition coefficient (Wildman–Crippen LogP) is 0.452. The van der Waals surface area contributed by atoms with Gasteiger partial charge in [-0.3, -0.25) is 0 Å². The van der Waals surface area contributed by atoms with Gasteiger partial charge in [0.1, 0.15) is 0 Å². The van der Waals surface area contributed by atoms with Gasteiger partial charge in [0.15, 0.2) is 0 Å². The average molecular weight is 271 g/mol. The molecule has 2 N–H and O–H groups in total. The number of nitrogens with one attached hydrogen (secondary N) is 1. The first-order valence-electron chi connectivity index (χ1n) is 5.42. The Kier molecular flexibility index (Phi) is 3.65. The largest absolute Gasteiger partial charge is 0.478 e. The minimum atomic E-state index is -3.69. The second kappa shape index (κ2) is 5.05. The van der Waals surface area contributed by atoms with Gasteiger partial charge >= 0.3 is 5.97 Å². The summed E-state index contributed by atoms with van der Waals surface area (Å²) < 4.78 is 31.6. The standard InChI is InChI=1S/C11H13NO5S/c13-11(14)8-2-1-3-10(6-8)18(15,16)12-9-4-5-17-7-9/h1-3,6,9,12H,4-5,7H2,(H,13,14)/t9-/m0/s1. The lowest BCUT2D eigenvalue weighted by Crippen LogP contribution is -2.35. The van der Waals surface area contributed by atoms with Crippen LogP contribution in [0.2, 0.25) is 0 Å². The molecule has 1 aromatic rings. The molecule has 98 valence electrons. The third kappa shape index (κ3) is 2.87.